The van der Waals surface area contributed by atoms with E-state index >= 15 is 0 Å². The number of carbonyl (C=O) groups is 2. The van der Waals surface area contributed by atoms with Crippen LogP contribution in [-0.4, -0.2) is 51.1 Å². The van der Waals surface area contributed by atoms with Gasteiger partial charge in [0, 0.05) is 57.9 Å². The summed E-state index contributed by atoms with van der Waals surface area (Å²) in [5.41, 5.74) is 3.96. The number of likely N-dealkylation sites (tertiary alicyclic amines) is 1. The minimum Gasteiger partial charge on any atom is -0.378 e. The van der Waals surface area contributed by atoms with Crippen molar-refractivity contribution in [2.45, 2.75) is 25.3 Å². The first-order valence-corrected chi connectivity index (χ1v) is 10.1. The van der Waals surface area contributed by atoms with Crippen molar-refractivity contribution in [3.05, 3.63) is 65.2 Å². The molecule has 0 spiro atoms. The van der Waals surface area contributed by atoms with E-state index in [-0.39, 0.29) is 17.9 Å². The quantitative estimate of drug-likeness (QED) is 0.819. The molecule has 2 aromatic rings. The molecule has 1 fully saturated rings. The van der Waals surface area contributed by atoms with Gasteiger partial charge in [-0.1, -0.05) is 24.3 Å². The fraction of sp³-hybridized carbons (Fsp3) is 0.391. The van der Waals surface area contributed by atoms with Crippen LogP contribution < -0.4 is 15.5 Å². The minimum atomic E-state index is -0.0810. The molecule has 3 amide bonds. The summed E-state index contributed by atoms with van der Waals surface area (Å²) in [5, 5.41) is 5.70. The molecule has 0 bridgehead atoms. The van der Waals surface area contributed by atoms with E-state index in [1.807, 2.05) is 66.4 Å². The Morgan fingerprint density at radius 2 is 1.90 bits per heavy atom. The molecule has 1 heterocycles. The van der Waals surface area contributed by atoms with Gasteiger partial charge in [-0.2, -0.15) is 0 Å². The Morgan fingerprint density at radius 3 is 2.59 bits per heavy atom. The summed E-state index contributed by atoms with van der Waals surface area (Å²) in [6, 6.07) is 15.9. The third-order valence-electron chi connectivity index (χ3n) is 5.45. The van der Waals surface area contributed by atoms with Crippen molar-refractivity contribution in [2.75, 3.05) is 39.1 Å². The van der Waals surface area contributed by atoms with Crippen LogP contribution in [0.5, 0.6) is 0 Å². The van der Waals surface area contributed by atoms with Gasteiger partial charge in [-0.25, -0.2) is 4.79 Å². The Balaban J connectivity index is 1.62. The van der Waals surface area contributed by atoms with E-state index < -0.39 is 0 Å². The first kappa shape index (κ1) is 20.7. The van der Waals surface area contributed by atoms with E-state index in [0.29, 0.717) is 18.7 Å². The summed E-state index contributed by atoms with van der Waals surface area (Å²) in [6.45, 7) is 1.95. The second-order valence-electron chi connectivity index (χ2n) is 7.71. The molecule has 1 aliphatic rings. The first-order chi connectivity index (χ1) is 14.0. The van der Waals surface area contributed by atoms with E-state index in [2.05, 4.69) is 16.7 Å². The predicted molar refractivity (Wildman–Crippen MR) is 116 cm³/mol. The highest BCUT2D eigenvalue weighted by Gasteiger charge is 2.24. The molecule has 0 aliphatic carbocycles. The van der Waals surface area contributed by atoms with Crippen molar-refractivity contribution >= 4 is 17.6 Å². The molecule has 1 atom stereocenters. The fourth-order valence-electron chi connectivity index (χ4n) is 3.72. The lowest BCUT2D eigenvalue weighted by Crippen LogP contribution is -2.43. The highest BCUT2D eigenvalue weighted by Crippen LogP contribution is 2.27. The van der Waals surface area contributed by atoms with Gasteiger partial charge in [-0.3, -0.25) is 4.79 Å². The molecule has 0 saturated carbocycles. The summed E-state index contributed by atoms with van der Waals surface area (Å²) >= 11 is 0. The Bertz CT molecular complexity index is 848. The molecular weight excluding hydrogens is 364 g/mol. The maximum Gasteiger partial charge on any atom is 0.317 e. The lowest BCUT2D eigenvalue weighted by molar-refractivity contribution is 0.0950. The number of piperidine rings is 1. The summed E-state index contributed by atoms with van der Waals surface area (Å²) in [6.07, 6.45) is 1.99. The number of hydrogen-bond acceptors (Lipinski definition) is 3. The molecule has 154 valence electrons. The zero-order valence-electron chi connectivity index (χ0n) is 17.4. The summed E-state index contributed by atoms with van der Waals surface area (Å²) < 4.78 is 0. The number of carbonyl (C=O) groups excluding carboxylic acids is 2. The zero-order chi connectivity index (χ0) is 20.8. The van der Waals surface area contributed by atoms with E-state index in [0.717, 1.165) is 36.2 Å². The standard InChI is InChI=1S/C23H30N4O2/c1-24-23(29)27-13-5-8-20(16-27)18-6-4-7-19(14-18)22(28)25-15-17-9-11-21(12-10-17)26(2)3/h4,6-7,9-12,14,20H,5,8,13,15-16H2,1-3H3,(H,24,29)(H,25,28)/t20-/m0/s1. The number of nitrogens with zero attached hydrogens (tertiary/aromatic N) is 2. The molecule has 6 nitrogen and oxygen atoms in total. The van der Waals surface area contributed by atoms with Crippen LogP contribution in [-0.2, 0) is 6.54 Å². The van der Waals surface area contributed by atoms with Crippen molar-refractivity contribution in [3.8, 4) is 0 Å². The van der Waals surface area contributed by atoms with Crippen molar-refractivity contribution in [1.82, 2.24) is 15.5 Å². The Morgan fingerprint density at radius 1 is 1.14 bits per heavy atom. The van der Waals surface area contributed by atoms with Crippen molar-refractivity contribution in [3.63, 3.8) is 0 Å². The van der Waals surface area contributed by atoms with Gasteiger partial charge in [0.2, 0.25) is 0 Å². The van der Waals surface area contributed by atoms with Crippen LogP contribution in [0.25, 0.3) is 0 Å². The number of hydrogen-bond donors (Lipinski definition) is 2. The van der Waals surface area contributed by atoms with Crippen LogP contribution >= 0.6 is 0 Å². The molecule has 0 unspecified atom stereocenters. The number of urea groups is 1. The smallest absolute Gasteiger partial charge is 0.317 e. The van der Waals surface area contributed by atoms with Gasteiger partial charge in [0.25, 0.3) is 5.91 Å². The molecule has 2 aromatic carbocycles. The van der Waals surface area contributed by atoms with Gasteiger partial charge in [0.15, 0.2) is 0 Å². The second kappa shape index (κ2) is 9.45. The lowest BCUT2D eigenvalue weighted by Gasteiger charge is -2.32. The first-order valence-electron chi connectivity index (χ1n) is 10.1. The molecule has 0 radical (unpaired) electrons. The largest absolute Gasteiger partial charge is 0.378 e. The molecule has 1 saturated heterocycles. The average molecular weight is 395 g/mol. The van der Waals surface area contributed by atoms with Gasteiger partial charge in [-0.15, -0.1) is 0 Å². The zero-order valence-corrected chi connectivity index (χ0v) is 17.4. The molecule has 2 N–H and O–H groups in total. The summed E-state index contributed by atoms with van der Waals surface area (Å²) in [4.78, 5) is 28.5. The van der Waals surface area contributed by atoms with Gasteiger partial charge in [0.1, 0.15) is 0 Å². The monoisotopic (exact) mass is 394 g/mol. The Hall–Kier alpha value is -3.02. The maximum absolute atomic E-state index is 12.7. The third-order valence-corrected chi connectivity index (χ3v) is 5.45. The number of benzene rings is 2. The van der Waals surface area contributed by atoms with E-state index in [9.17, 15) is 9.59 Å². The number of amides is 3. The van der Waals surface area contributed by atoms with Crippen LogP contribution in [0.15, 0.2) is 48.5 Å². The Kier molecular flexibility index (Phi) is 6.75. The molecule has 6 heteroatoms. The van der Waals surface area contributed by atoms with Crippen molar-refractivity contribution in [2.24, 2.45) is 0 Å². The maximum atomic E-state index is 12.7. The normalized spacial score (nSPS) is 16.2. The predicted octanol–water partition coefficient (Wildman–Crippen LogP) is 3.20. The van der Waals surface area contributed by atoms with E-state index in [1.54, 1.807) is 7.05 Å². The van der Waals surface area contributed by atoms with Gasteiger partial charge in [-0.05, 0) is 48.2 Å². The minimum absolute atomic E-state index is 0.0381. The van der Waals surface area contributed by atoms with Gasteiger partial charge in [0.05, 0.1) is 0 Å². The van der Waals surface area contributed by atoms with Crippen LogP contribution in [0.2, 0.25) is 0 Å². The summed E-state index contributed by atoms with van der Waals surface area (Å²) in [5.74, 6) is 0.176. The highest BCUT2D eigenvalue weighted by molar-refractivity contribution is 5.94. The van der Waals surface area contributed by atoms with Crippen LogP contribution in [0.1, 0.15) is 40.2 Å². The molecule has 3 rings (SSSR count). The van der Waals surface area contributed by atoms with Crippen LogP contribution in [0.4, 0.5) is 10.5 Å². The lowest BCUT2D eigenvalue weighted by atomic mass is 9.89. The van der Waals surface area contributed by atoms with E-state index in [4.69, 9.17) is 0 Å². The molecule has 0 aromatic heterocycles. The van der Waals surface area contributed by atoms with Crippen LogP contribution in [0.3, 0.4) is 0 Å². The molecular formula is C23H30N4O2. The van der Waals surface area contributed by atoms with Crippen LogP contribution in [0, 0.1) is 0 Å². The number of nitrogens with one attached hydrogen (secondary N) is 2. The highest BCUT2D eigenvalue weighted by atomic mass is 16.2. The molecule has 1 aliphatic heterocycles. The van der Waals surface area contributed by atoms with Crippen molar-refractivity contribution in [1.29, 1.82) is 0 Å². The average Bonchev–Trinajstić information content (AvgIpc) is 2.77. The fourth-order valence-corrected chi connectivity index (χ4v) is 3.72. The summed E-state index contributed by atoms with van der Waals surface area (Å²) in [7, 11) is 5.67. The number of rotatable bonds is 5. The topological polar surface area (TPSA) is 64.7 Å². The number of anilines is 1. The van der Waals surface area contributed by atoms with Crippen molar-refractivity contribution < 1.29 is 9.59 Å². The second-order valence-corrected chi connectivity index (χ2v) is 7.71. The SMILES string of the molecule is CNC(=O)N1CCC[C@H](c2cccc(C(=O)NCc3ccc(N(C)C)cc3)c2)C1. The molecule has 29 heavy (non-hydrogen) atoms. The van der Waals surface area contributed by atoms with Gasteiger partial charge >= 0.3 is 6.03 Å². The third kappa shape index (κ3) is 5.28. The Labute approximate surface area is 172 Å². The van der Waals surface area contributed by atoms with Gasteiger partial charge < -0.3 is 20.4 Å². The van der Waals surface area contributed by atoms with E-state index in [1.165, 1.54) is 0 Å².